The average Bonchev–Trinajstić information content (AvgIpc) is 2.65. The Balaban J connectivity index is 0.00000420. The molecule has 1 fully saturated rings. The molecule has 8 nitrogen and oxygen atoms in total. The summed E-state index contributed by atoms with van der Waals surface area (Å²) in [6.07, 6.45) is 2.32. The molecule has 1 aromatic rings. The second-order valence-electron chi connectivity index (χ2n) is 7.19. The summed E-state index contributed by atoms with van der Waals surface area (Å²) in [4.78, 5) is 18.3. The van der Waals surface area contributed by atoms with Crippen molar-refractivity contribution in [2.24, 2.45) is 16.6 Å². The number of carbonyl (C=O) groups excluding carboxylic acids is 1. The maximum atomic E-state index is 12.6. The number of nitrogens with one attached hydrogen (secondary N) is 1. The predicted molar refractivity (Wildman–Crippen MR) is 126 cm³/mol. The normalized spacial score (nSPS) is 17.7. The average molecular weight is 537 g/mol. The highest BCUT2D eigenvalue weighted by Crippen LogP contribution is 2.21. The van der Waals surface area contributed by atoms with Crippen molar-refractivity contribution < 1.29 is 13.2 Å². The molecule has 1 aliphatic heterocycles. The van der Waals surface area contributed by atoms with E-state index < -0.39 is 10.0 Å². The SMILES string of the molecule is CCNC(=NCc1ccccc1S(=O)(=O)N(C)C)N1CCCC(CC(N)=O)C1.I. The Morgan fingerprint density at radius 1 is 1.34 bits per heavy atom. The third-order valence-electron chi connectivity index (χ3n) is 4.77. The van der Waals surface area contributed by atoms with Crippen LogP contribution in [0.4, 0.5) is 0 Å². The van der Waals surface area contributed by atoms with Crippen molar-refractivity contribution in [3.8, 4) is 0 Å². The molecule has 0 radical (unpaired) electrons. The van der Waals surface area contributed by atoms with E-state index in [1.807, 2.05) is 13.0 Å². The van der Waals surface area contributed by atoms with E-state index >= 15 is 0 Å². The minimum atomic E-state index is -3.54. The fourth-order valence-corrected chi connectivity index (χ4v) is 4.49. The number of hydrogen-bond acceptors (Lipinski definition) is 4. The molecule has 1 saturated heterocycles. The fourth-order valence-electron chi connectivity index (χ4n) is 3.38. The van der Waals surface area contributed by atoms with Gasteiger partial charge in [0.25, 0.3) is 0 Å². The zero-order valence-corrected chi connectivity index (χ0v) is 20.4. The highest BCUT2D eigenvalue weighted by Gasteiger charge is 2.24. The number of primary amides is 1. The second kappa shape index (κ2) is 11.7. The van der Waals surface area contributed by atoms with Crippen LogP contribution in [0.5, 0.6) is 0 Å². The Bertz CT molecular complexity index is 814. The quantitative estimate of drug-likeness (QED) is 0.312. The third-order valence-corrected chi connectivity index (χ3v) is 6.69. The number of hydrogen-bond donors (Lipinski definition) is 2. The van der Waals surface area contributed by atoms with Crippen LogP contribution in [0.25, 0.3) is 0 Å². The van der Waals surface area contributed by atoms with Crippen molar-refractivity contribution in [2.45, 2.75) is 37.6 Å². The van der Waals surface area contributed by atoms with Crippen LogP contribution in [0, 0.1) is 5.92 Å². The van der Waals surface area contributed by atoms with Gasteiger partial charge in [0.1, 0.15) is 0 Å². The number of halogens is 1. The standard InChI is InChI=1S/C19H31N5O3S.HI/c1-4-21-19(24-11-7-8-15(14-24)12-18(20)25)22-13-16-9-5-6-10-17(16)28(26,27)23(2)3;/h5-6,9-10,15H,4,7-8,11-14H2,1-3H3,(H2,20,25)(H,21,22);1H. The number of nitrogens with two attached hydrogens (primary N) is 1. The van der Waals surface area contributed by atoms with E-state index in [1.165, 1.54) is 18.4 Å². The van der Waals surface area contributed by atoms with Crippen molar-refractivity contribution in [3.05, 3.63) is 29.8 Å². The molecule has 1 amide bonds. The fraction of sp³-hybridized carbons (Fsp3) is 0.579. The molecule has 1 aliphatic rings. The van der Waals surface area contributed by atoms with E-state index in [9.17, 15) is 13.2 Å². The van der Waals surface area contributed by atoms with Gasteiger partial charge < -0.3 is 16.0 Å². The summed E-state index contributed by atoms with van der Waals surface area (Å²) >= 11 is 0. The van der Waals surface area contributed by atoms with Gasteiger partial charge in [-0.2, -0.15) is 0 Å². The minimum Gasteiger partial charge on any atom is -0.370 e. The highest BCUT2D eigenvalue weighted by molar-refractivity contribution is 14.0. The number of guanidine groups is 1. The lowest BCUT2D eigenvalue weighted by atomic mass is 9.95. The van der Waals surface area contributed by atoms with Crippen LogP contribution in [-0.4, -0.2) is 63.2 Å². The van der Waals surface area contributed by atoms with Gasteiger partial charge in [0.15, 0.2) is 5.96 Å². The number of carbonyl (C=O) groups is 1. The van der Waals surface area contributed by atoms with Crippen LogP contribution in [0.15, 0.2) is 34.2 Å². The number of likely N-dealkylation sites (tertiary alicyclic amines) is 1. The Morgan fingerprint density at radius 3 is 2.66 bits per heavy atom. The lowest BCUT2D eigenvalue weighted by molar-refractivity contribution is -0.119. The lowest BCUT2D eigenvalue weighted by Crippen LogP contribution is -2.47. The first-order valence-corrected chi connectivity index (χ1v) is 11.0. The molecule has 1 unspecified atom stereocenters. The largest absolute Gasteiger partial charge is 0.370 e. The van der Waals surface area contributed by atoms with Crippen LogP contribution in [0.3, 0.4) is 0 Å². The van der Waals surface area contributed by atoms with Gasteiger partial charge in [-0.15, -0.1) is 24.0 Å². The maximum absolute atomic E-state index is 12.6. The van der Waals surface area contributed by atoms with Crippen LogP contribution in [0.1, 0.15) is 31.7 Å². The number of aliphatic imine (C=N–C) groups is 1. The van der Waals surface area contributed by atoms with Crippen molar-refractivity contribution in [2.75, 3.05) is 33.7 Å². The van der Waals surface area contributed by atoms with Crippen LogP contribution >= 0.6 is 24.0 Å². The number of piperidine rings is 1. The van der Waals surface area contributed by atoms with E-state index in [0.29, 0.717) is 25.1 Å². The number of sulfonamides is 1. The summed E-state index contributed by atoms with van der Waals surface area (Å²) in [5.41, 5.74) is 6.01. The molecule has 0 bridgehead atoms. The Labute approximate surface area is 191 Å². The van der Waals surface area contributed by atoms with Crippen molar-refractivity contribution in [1.82, 2.24) is 14.5 Å². The summed E-state index contributed by atoms with van der Waals surface area (Å²) in [6.45, 7) is 4.51. The van der Waals surface area contributed by atoms with Gasteiger partial charge in [0.05, 0.1) is 11.4 Å². The summed E-state index contributed by atoms with van der Waals surface area (Å²) in [7, 11) is -0.496. The van der Waals surface area contributed by atoms with Crippen molar-refractivity contribution in [3.63, 3.8) is 0 Å². The lowest BCUT2D eigenvalue weighted by Gasteiger charge is -2.34. The first-order valence-electron chi connectivity index (χ1n) is 9.57. The van der Waals surface area contributed by atoms with E-state index in [2.05, 4.69) is 15.2 Å². The van der Waals surface area contributed by atoms with E-state index in [0.717, 1.165) is 25.3 Å². The predicted octanol–water partition coefficient (Wildman–Crippen LogP) is 1.61. The number of amides is 1. The van der Waals surface area contributed by atoms with E-state index in [1.54, 1.807) is 18.2 Å². The Hall–Kier alpha value is -1.40. The summed E-state index contributed by atoms with van der Waals surface area (Å²) in [5.74, 6) is 0.668. The molecule has 0 saturated carbocycles. The Kier molecular flexibility index (Phi) is 10.3. The first-order chi connectivity index (χ1) is 13.3. The van der Waals surface area contributed by atoms with Gasteiger partial charge in [-0.05, 0) is 37.3 Å². The molecular formula is C19H32IN5O3S. The van der Waals surface area contributed by atoms with Gasteiger partial charge >= 0.3 is 0 Å². The zero-order chi connectivity index (χ0) is 20.7. The van der Waals surface area contributed by atoms with Crippen molar-refractivity contribution >= 4 is 45.9 Å². The molecule has 1 heterocycles. The Morgan fingerprint density at radius 2 is 2.03 bits per heavy atom. The molecule has 2 rings (SSSR count). The number of rotatable bonds is 7. The van der Waals surface area contributed by atoms with Crippen LogP contribution in [0.2, 0.25) is 0 Å². The molecule has 0 aliphatic carbocycles. The molecule has 0 aromatic heterocycles. The van der Waals surface area contributed by atoms with Gasteiger partial charge in [-0.25, -0.2) is 17.7 Å². The van der Waals surface area contributed by atoms with Gasteiger partial charge in [0.2, 0.25) is 15.9 Å². The van der Waals surface area contributed by atoms with Gasteiger partial charge in [-0.1, -0.05) is 18.2 Å². The smallest absolute Gasteiger partial charge is 0.242 e. The van der Waals surface area contributed by atoms with Crippen LogP contribution < -0.4 is 11.1 Å². The van der Waals surface area contributed by atoms with Crippen LogP contribution in [-0.2, 0) is 21.4 Å². The molecule has 29 heavy (non-hydrogen) atoms. The maximum Gasteiger partial charge on any atom is 0.242 e. The molecule has 0 spiro atoms. The number of benzene rings is 1. The molecule has 164 valence electrons. The number of nitrogens with zero attached hydrogens (tertiary/aromatic N) is 3. The zero-order valence-electron chi connectivity index (χ0n) is 17.3. The monoisotopic (exact) mass is 537 g/mol. The summed E-state index contributed by atoms with van der Waals surface area (Å²) in [6, 6.07) is 6.93. The van der Waals surface area contributed by atoms with E-state index in [4.69, 9.17) is 5.73 Å². The van der Waals surface area contributed by atoms with Gasteiger partial charge in [0, 0.05) is 40.2 Å². The first kappa shape index (κ1) is 25.6. The van der Waals surface area contributed by atoms with E-state index in [-0.39, 0.29) is 47.2 Å². The molecule has 1 atom stereocenters. The topological polar surface area (TPSA) is 108 Å². The summed E-state index contributed by atoms with van der Waals surface area (Å²) in [5, 5.41) is 3.28. The molecule has 1 aromatic carbocycles. The highest BCUT2D eigenvalue weighted by atomic mass is 127. The van der Waals surface area contributed by atoms with Gasteiger partial charge in [-0.3, -0.25) is 4.79 Å². The summed E-state index contributed by atoms with van der Waals surface area (Å²) < 4.78 is 26.4. The molecular weight excluding hydrogens is 505 g/mol. The van der Waals surface area contributed by atoms with Crippen molar-refractivity contribution in [1.29, 1.82) is 0 Å². The molecule has 10 heteroatoms. The third kappa shape index (κ3) is 7.10. The second-order valence-corrected chi connectivity index (χ2v) is 9.31. The minimum absolute atomic E-state index is 0. The molecule has 3 N–H and O–H groups in total.